The molecule has 150 valence electrons. The lowest BCUT2D eigenvalue weighted by Gasteiger charge is -2.10. The number of hydrogen-bond acceptors (Lipinski definition) is 4. The molecule has 2 aromatic carbocycles. The molecule has 0 fully saturated rings. The molecule has 6 rings (SSSR count). The molecule has 0 amide bonds. The number of carboxylic acid groups (broad SMARTS) is 1. The number of aromatic nitrogens is 5. The zero-order chi connectivity index (χ0) is 20.9. The van der Waals surface area contributed by atoms with E-state index in [9.17, 15) is 9.90 Å². The highest BCUT2D eigenvalue weighted by Gasteiger charge is 2.26. The molecule has 0 atom stereocenters. The van der Waals surface area contributed by atoms with Crippen molar-refractivity contribution in [1.29, 1.82) is 0 Å². The van der Waals surface area contributed by atoms with Gasteiger partial charge >= 0.3 is 5.97 Å². The normalized spacial score (nSPS) is 12.1. The van der Waals surface area contributed by atoms with Crippen molar-refractivity contribution in [1.82, 2.24) is 24.5 Å². The number of nitrogens with one attached hydrogen (secondary N) is 1. The molecule has 7 nitrogen and oxygen atoms in total. The fourth-order valence-corrected chi connectivity index (χ4v) is 4.33. The van der Waals surface area contributed by atoms with Crippen LogP contribution in [0.4, 0.5) is 0 Å². The number of carboxylic acids is 1. The van der Waals surface area contributed by atoms with Gasteiger partial charge in [0, 0.05) is 47.3 Å². The highest BCUT2D eigenvalue weighted by atomic mass is 16.4. The van der Waals surface area contributed by atoms with Gasteiger partial charge in [-0.2, -0.15) is 0 Å². The molecule has 0 saturated carbocycles. The number of nitrogens with zero attached hydrogens (tertiary/aromatic N) is 4. The van der Waals surface area contributed by atoms with Crippen molar-refractivity contribution >= 4 is 16.9 Å². The van der Waals surface area contributed by atoms with Crippen LogP contribution >= 0.6 is 0 Å². The van der Waals surface area contributed by atoms with Gasteiger partial charge in [0.15, 0.2) is 5.69 Å². The van der Waals surface area contributed by atoms with Gasteiger partial charge in [0.2, 0.25) is 0 Å². The Labute approximate surface area is 177 Å². The largest absolute Gasteiger partial charge is 0.476 e. The smallest absolute Gasteiger partial charge is 0.356 e. The molecule has 5 aromatic rings. The van der Waals surface area contributed by atoms with Crippen molar-refractivity contribution in [3.63, 3.8) is 0 Å². The molecule has 0 radical (unpaired) electrons. The van der Waals surface area contributed by atoms with Gasteiger partial charge in [-0.25, -0.2) is 19.7 Å². The van der Waals surface area contributed by atoms with Crippen molar-refractivity contribution in [2.45, 2.75) is 12.8 Å². The fourth-order valence-electron chi connectivity index (χ4n) is 4.33. The number of benzene rings is 2. The number of carbonyl (C=O) groups is 1. The second kappa shape index (κ2) is 6.63. The number of aromatic amines is 1. The van der Waals surface area contributed by atoms with Gasteiger partial charge in [-0.05, 0) is 17.7 Å². The minimum Gasteiger partial charge on any atom is -0.476 e. The molecule has 31 heavy (non-hydrogen) atoms. The molecular formula is C24H17N5O2. The third kappa shape index (κ3) is 2.74. The number of imidazole rings is 1. The number of rotatable bonds is 3. The van der Waals surface area contributed by atoms with E-state index in [1.807, 2.05) is 53.4 Å². The van der Waals surface area contributed by atoms with Crippen LogP contribution in [0.2, 0.25) is 0 Å². The number of fused-ring (bicyclic) bond motifs is 6. The van der Waals surface area contributed by atoms with Crippen LogP contribution in [0.15, 0.2) is 67.3 Å². The van der Waals surface area contributed by atoms with Crippen LogP contribution in [0.3, 0.4) is 0 Å². The first-order valence-corrected chi connectivity index (χ1v) is 9.98. The van der Waals surface area contributed by atoms with E-state index >= 15 is 0 Å². The molecule has 1 aliphatic heterocycles. The summed E-state index contributed by atoms with van der Waals surface area (Å²) in [6.07, 6.45) is 6.40. The van der Waals surface area contributed by atoms with Crippen LogP contribution in [0.5, 0.6) is 0 Å². The van der Waals surface area contributed by atoms with Crippen LogP contribution in [0.1, 0.15) is 33.1 Å². The number of para-hydroxylation sites is 2. The Morgan fingerprint density at radius 1 is 1.10 bits per heavy atom. The van der Waals surface area contributed by atoms with Crippen molar-refractivity contribution in [2.24, 2.45) is 0 Å². The third-order valence-corrected chi connectivity index (χ3v) is 5.78. The molecule has 2 N–H and O–H groups in total. The monoisotopic (exact) mass is 407 g/mol. The average Bonchev–Trinajstić information content (AvgIpc) is 3.36. The summed E-state index contributed by atoms with van der Waals surface area (Å²) >= 11 is 0. The second-order valence-corrected chi connectivity index (χ2v) is 7.61. The van der Waals surface area contributed by atoms with Crippen molar-refractivity contribution in [3.05, 3.63) is 95.6 Å². The van der Waals surface area contributed by atoms with Crippen LogP contribution in [-0.4, -0.2) is 35.6 Å². The van der Waals surface area contributed by atoms with Crippen LogP contribution in [0.25, 0.3) is 27.8 Å². The van der Waals surface area contributed by atoms with Crippen LogP contribution < -0.4 is 0 Å². The summed E-state index contributed by atoms with van der Waals surface area (Å²) in [6, 6.07) is 16.0. The number of H-pyrrole nitrogens is 1. The Hall–Kier alpha value is -4.26. The first-order chi connectivity index (χ1) is 15.2. The summed E-state index contributed by atoms with van der Waals surface area (Å²) in [5.41, 5.74) is 6.45. The molecule has 1 aliphatic rings. The first kappa shape index (κ1) is 17.6. The predicted molar refractivity (Wildman–Crippen MR) is 115 cm³/mol. The fraction of sp³-hybridized carbons (Fsp3) is 0.0833. The lowest BCUT2D eigenvalue weighted by atomic mass is 10.0. The maximum absolute atomic E-state index is 11.7. The highest BCUT2D eigenvalue weighted by molar-refractivity contribution is 5.88. The van der Waals surface area contributed by atoms with Crippen molar-refractivity contribution in [2.75, 3.05) is 0 Å². The Balaban J connectivity index is 1.49. The van der Waals surface area contributed by atoms with E-state index in [4.69, 9.17) is 4.98 Å². The second-order valence-electron chi connectivity index (χ2n) is 7.61. The summed E-state index contributed by atoms with van der Waals surface area (Å²) in [4.78, 5) is 28.7. The van der Waals surface area contributed by atoms with Gasteiger partial charge in [-0.3, -0.25) is 0 Å². The minimum absolute atomic E-state index is 0.0607. The molecule has 0 spiro atoms. The summed E-state index contributed by atoms with van der Waals surface area (Å²) in [5.74, 6) is -0.312. The maximum Gasteiger partial charge on any atom is 0.356 e. The molecule has 0 unspecified atom stereocenters. The lowest BCUT2D eigenvalue weighted by Crippen LogP contribution is -2.06. The topological polar surface area (TPSA) is 96.7 Å². The standard InChI is InChI=1S/C24H17N5O2/c30-24(31)23-20-9-15-12-26-21(10-14-11-25-18-7-3-1-5-16(14)18)28-22(15)17-6-2-4-8-19(17)29(20)13-27-23/h1-8,11-13,25H,9-10H2,(H,30,31). The third-order valence-electron chi connectivity index (χ3n) is 5.78. The molecule has 0 aliphatic carbocycles. The Morgan fingerprint density at radius 2 is 1.94 bits per heavy atom. The molecule has 3 aromatic heterocycles. The highest BCUT2D eigenvalue weighted by Crippen LogP contribution is 2.35. The molecule has 4 heterocycles. The van der Waals surface area contributed by atoms with E-state index in [0.717, 1.165) is 44.8 Å². The van der Waals surface area contributed by atoms with Gasteiger partial charge in [0.1, 0.15) is 12.2 Å². The van der Waals surface area contributed by atoms with Crippen molar-refractivity contribution < 1.29 is 9.90 Å². The molecular weight excluding hydrogens is 390 g/mol. The number of hydrogen-bond donors (Lipinski definition) is 2. The van der Waals surface area contributed by atoms with Crippen molar-refractivity contribution in [3.8, 4) is 16.9 Å². The molecule has 0 saturated heterocycles. The Bertz CT molecular complexity index is 1480. The summed E-state index contributed by atoms with van der Waals surface area (Å²) in [5, 5.41) is 10.7. The average molecular weight is 407 g/mol. The van der Waals surface area contributed by atoms with Gasteiger partial charge in [-0.1, -0.05) is 36.4 Å². The Kier molecular flexibility index (Phi) is 3.76. The zero-order valence-corrected chi connectivity index (χ0v) is 16.4. The van der Waals surface area contributed by atoms with Crippen LogP contribution in [0, 0.1) is 0 Å². The van der Waals surface area contributed by atoms with E-state index in [1.165, 1.54) is 0 Å². The molecule has 0 bridgehead atoms. The zero-order valence-electron chi connectivity index (χ0n) is 16.4. The van der Waals surface area contributed by atoms with E-state index < -0.39 is 5.97 Å². The first-order valence-electron chi connectivity index (χ1n) is 9.98. The van der Waals surface area contributed by atoms with E-state index in [-0.39, 0.29) is 5.69 Å². The quantitative estimate of drug-likeness (QED) is 0.462. The van der Waals surface area contributed by atoms with Crippen LogP contribution in [-0.2, 0) is 12.8 Å². The number of aromatic carboxylic acids is 1. The summed E-state index contributed by atoms with van der Waals surface area (Å²) in [6.45, 7) is 0. The maximum atomic E-state index is 11.7. The predicted octanol–water partition coefficient (Wildman–Crippen LogP) is 4.00. The minimum atomic E-state index is -1.04. The Morgan fingerprint density at radius 3 is 2.84 bits per heavy atom. The summed E-state index contributed by atoms with van der Waals surface area (Å²) < 4.78 is 1.85. The van der Waals surface area contributed by atoms with Gasteiger partial charge < -0.3 is 14.7 Å². The van der Waals surface area contributed by atoms with E-state index in [1.54, 1.807) is 6.33 Å². The SMILES string of the molecule is O=C(O)c1ncn2c1Cc1cnc(Cc3c[nH]c4ccccc34)nc1-c1ccccc1-2. The molecule has 7 heteroatoms. The van der Waals surface area contributed by atoms with Gasteiger partial charge in [-0.15, -0.1) is 0 Å². The van der Waals surface area contributed by atoms with E-state index in [2.05, 4.69) is 27.1 Å². The summed E-state index contributed by atoms with van der Waals surface area (Å²) in [7, 11) is 0. The van der Waals surface area contributed by atoms with Gasteiger partial charge in [0.05, 0.1) is 17.1 Å². The lowest BCUT2D eigenvalue weighted by molar-refractivity contribution is 0.0690. The van der Waals surface area contributed by atoms with Gasteiger partial charge in [0.25, 0.3) is 0 Å². The van der Waals surface area contributed by atoms with E-state index in [0.29, 0.717) is 18.5 Å².